The average Bonchev–Trinajstić information content (AvgIpc) is 2.24. The first kappa shape index (κ1) is 2.91. The molecule has 0 spiro atoms. The summed E-state index contributed by atoms with van der Waals surface area (Å²) in [6.07, 6.45) is -2.02. The van der Waals surface area contributed by atoms with Crippen molar-refractivity contribution >= 4 is 0 Å². The van der Waals surface area contributed by atoms with Gasteiger partial charge in [-0.2, -0.15) is 0 Å². The lowest BCUT2D eigenvalue weighted by Gasteiger charge is -2.26. The van der Waals surface area contributed by atoms with Gasteiger partial charge in [0.15, 0.2) is 0 Å². The van der Waals surface area contributed by atoms with E-state index in [0.717, 1.165) is 0 Å². The van der Waals surface area contributed by atoms with Crippen molar-refractivity contribution in [3.63, 3.8) is 0 Å². The first-order valence-corrected chi connectivity index (χ1v) is 3.09. The Morgan fingerprint density at radius 3 is 2.44 bits per heavy atom. The topological polar surface area (TPSA) is 20.2 Å². The van der Waals surface area contributed by atoms with E-state index in [9.17, 15) is 5.11 Å². The maximum absolute atomic E-state index is 10.1. The van der Waals surface area contributed by atoms with Crippen LogP contribution in [0.25, 0.3) is 0 Å². The molecule has 0 aromatic heterocycles. The molecule has 1 N–H and O–H groups in total. The van der Waals surface area contributed by atoms with Crippen LogP contribution in [-0.4, -0.2) is 10.7 Å². The highest BCUT2D eigenvalue weighted by molar-refractivity contribution is 5.08. The predicted octanol–water partition coefficient (Wildman–Crippen LogP) is 1.80. The van der Waals surface area contributed by atoms with Gasteiger partial charge < -0.3 is 5.11 Å². The van der Waals surface area contributed by atoms with E-state index in [1.54, 1.807) is 20.8 Å². The van der Waals surface area contributed by atoms with Crippen molar-refractivity contribution in [1.29, 1.82) is 0 Å². The second kappa shape index (κ2) is 1.51. The maximum Gasteiger partial charge on any atom is 0.0725 e. The van der Waals surface area contributed by atoms with E-state index in [-0.39, 0.29) is 0 Å². The van der Waals surface area contributed by atoms with Gasteiger partial charge in [-0.15, -0.1) is 0 Å². The maximum atomic E-state index is 10.1. The summed E-state index contributed by atoms with van der Waals surface area (Å²) in [6, 6.07) is 0. The zero-order valence-corrected chi connectivity index (χ0v) is 6.02. The Labute approximate surface area is 64.1 Å². The molecule has 1 nitrogen and oxygen atoms in total. The van der Waals surface area contributed by atoms with Gasteiger partial charge in [-0.3, -0.25) is 0 Å². The fraction of sp³-hybridized carbons (Fsp3) is 1.00. The van der Waals surface area contributed by atoms with E-state index in [1.165, 1.54) is 0 Å². The van der Waals surface area contributed by atoms with Crippen molar-refractivity contribution in [2.45, 2.75) is 39.6 Å². The zero-order chi connectivity index (χ0) is 11.6. The molecular weight excluding hydrogens is 112 g/mol. The molecule has 9 heavy (non-hydrogen) atoms. The van der Waals surface area contributed by atoms with Crippen LogP contribution in [0.2, 0.25) is 0 Å². The molecule has 1 saturated carbocycles. The van der Waals surface area contributed by atoms with Gasteiger partial charge in [-0.1, -0.05) is 27.6 Å². The second-order valence-corrected chi connectivity index (χ2v) is 3.59. The van der Waals surface area contributed by atoms with Crippen LogP contribution in [0.1, 0.15) is 40.8 Å². The highest BCUT2D eigenvalue weighted by atomic mass is 16.3. The first-order valence-electron chi connectivity index (χ1n) is 5.59. The second-order valence-electron chi connectivity index (χ2n) is 3.59. The van der Waals surface area contributed by atoms with Crippen LogP contribution in [0.15, 0.2) is 0 Å². The number of aliphatic hydroxyl groups is 1. The van der Waals surface area contributed by atoms with Gasteiger partial charge in [0.1, 0.15) is 0 Å². The van der Waals surface area contributed by atoms with Gasteiger partial charge in [0.05, 0.1) is 5.60 Å². The molecule has 1 heteroatoms. The summed E-state index contributed by atoms with van der Waals surface area (Å²) < 4.78 is 36.6. The molecule has 1 aliphatic carbocycles. The molecule has 0 amide bonds. The van der Waals surface area contributed by atoms with Gasteiger partial charge in [-0.25, -0.2) is 0 Å². The van der Waals surface area contributed by atoms with Crippen LogP contribution in [0, 0.1) is 11.3 Å². The molecule has 0 bridgehead atoms. The first-order chi connectivity index (χ1) is 5.87. The molecule has 0 unspecified atom stereocenters. The SMILES string of the molecule is [2H]C([2H])([2H])[C@H]1C([2H])([2H])[C@]1(O)C(C)(C)C. The fourth-order valence-corrected chi connectivity index (χ4v) is 0.828. The summed E-state index contributed by atoms with van der Waals surface area (Å²) in [5.74, 6) is -1.28. The standard InChI is InChI=1S/C8H16O/c1-6-5-8(6,9)7(2,3)4/h6,9H,5H2,1-4H3/t6-,8+/m0/s1/i1D3,5D2. The normalized spacial score (nSPS) is 58.2. The molecule has 0 saturated heterocycles. The van der Waals surface area contributed by atoms with Crippen LogP contribution in [0.3, 0.4) is 0 Å². The van der Waals surface area contributed by atoms with E-state index in [0.29, 0.717) is 0 Å². The minimum Gasteiger partial charge on any atom is -0.389 e. The molecule has 0 aromatic carbocycles. The van der Waals surface area contributed by atoms with Crippen LogP contribution in [0.5, 0.6) is 0 Å². The van der Waals surface area contributed by atoms with E-state index in [1.807, 2.05) is 0 Å². The molecule has 54 valence electrons. The van der Waals surface area contributed by atoms with Crippen LogP contribution in [-0.2, 0) is 0 Å². The average molecular weight is 133 g/mol. The Balaban J connectivity index is 3.08. The molecular formula is C8H16O. The van der Waals surface area contributed by atoms with Crippen LogP contribution in [0.4, 0.5) is 0 Å². The summed E-state index contributed by atoms with van der Waals surface area (Å²) >= 11 is 0. The highest BCUT2D eigenvalue weighted by Crippen LogP contribution is 2.54. The van der Waals surface area contributed by atoms with Gasteiger partial charge >= 0.3 is 0 Å². The lowest BCUT2D eigenvalue weighted by atomic mass is 9.85. The third kappa shape index (κ3) is 0.877. The molecule has 0 heterocycles. The lowest BCUT2D eigenvalue weighted by Crippen LogP contribution is -2.29. The Morgan fingerprint density at radius 1 is 1.78 bits per heavy atom. The summed E-state index contributed by atoms with van der Waals surface area (Å²) in [4.78, 5) is 0. The third-order valence-corrected chi connectivity index (χ3v) is 1.84. The van der Waals surface area contributed by atoms with E-state index < -0.39 is 30.2 Å². The largest absolute Gasteiger partial charge is 0.389 e. The minimum absolute atomic E-state index is 0.768. The molecule has 1 rings (SSSR count). The van der Waals surface area contributed by atoms with Crippen LogP contribution >= 0.6 is 0 Å². The smallest absolute Gasteiger partial charge is 0.0725 e. The van der Waals surface area contributed by atoms with Crippen molar-refractivity contribution in [3.8, 4) is 0 Å². The summed E-state index contributed by atoms with van der Waals surface area (Å²) in [5.41, 5.74) is -2.51. The number of rotatable bonds is 0. The molecule has 1 fully saturated rings. The predicted molar refractivity (Wildman–Crippen MR) is 38.2 cm³/mol. The van der Waals surface area contributed by atoms with Crippen molar-refractivity contribution in [1.82, 2.24) is 0 Å². The Kier molecular flexibility index (Phi) is 0.490. The molecule has 2 atom stereocenters. The van der Waals surface area contributed by atoms with Gasteiger partial charge in [0.2, 0.25) is 0 Å². The Morgan fingerprint density at radius 2 is 2.33 bits per heavy atom. The van der Waals surface area contributed by atoms with Crippen LogP contribution < -0.4 is 0 Å². The molecule has 0 aliphatic heterocycles. The molecule has 1 aliphatic rings. The summed E-state index contributed by atoms with van der Waals surface area (Å²) in [6.45, 7) is 2.51. The Hall–Kier alpha value is -0.0400. The summed E-state index contributed by atoms with van der Waals surface area (Å²) in [7, 11) is 0. The van der Waals surface area contributed by atoms with Crippen molar-refractivity contribution in [2.75, 3.05) is 0 Å². The Bertz CT molecular complexity index is 251. The van der Waals surface area contributed by atoms with Gasteiger partial charge in [0, 0.05) is 6.85 Å². The van der Waals surface area contributed by atoms with Crippen molar-refractivity contribution < 1.29 is 12.0 Å². The van der Waals surface area contributed by atoms with Crippen molar-refractivity contribution in [2.24, 2.45) is 11.3 Å². The molecule has 0 aromatic rings. The molecule has 0 radical (unpaired) electrons. The quantitative estimate of drug-likeness (QED) is 0.534. The van der Waals surface area contributed by atoms with Gasteiger partial charge in [0.25, 0.3) is 0 Å². The number of hydrogen-bond donors (Lipinski definition) is 1. The monoisotopic (exact) mass is 133 g/mol. The lowest BCUT2D eigenvalue weighted by molar-refractivity contribution is 0.0241. The fourth-order valence-electron chi connectivity index (χ4n) is 0.828. The van der Waals surface area contributed by atoms with E-state index in [4.69, 9.17) is 6.85 Å². The summed E-state index contributed by atoms with van der Waals surface area (Å²) in [5, 5.41) is 10.1. The van der Waals surface area contributed by atoms with E-state index in [2.05, 4.69) is 0 Å². The zero-order valence-electron chi connectivity index (χ0n) is 11.0. The highest BCUT2D eigenvalue weighted by Gasteiger charge is 2.57. The van der Waals surface area contributed by atoms with Crippen molar-refractivity contribution in [3.05, 3.63) is 0 Å². The third-order valence-electron chi connectivity index (χ3n) is 1.84. The number of hydrogen-bond acceptors (Lipinski definition) is 1. The minimum atomic E-state index is -2.44. The van der Waals surface area contributed by atoms with E-state index >= 15 is 0 Å². The van der Waals surface area contributed by atoms with Gasteiger partial charge in [-0.05, 0) is 17.7 Å².